The molecule has 26 heavy (non-hydrogen) atoms. The second-order valence-electron chi connectivity index (χ2n) is 7.06. The van der Waals surface area contributed by atoms with Crippen molar-refractivity contribution in [3.8, 4) is 17.6 Å². The van der Waals surface area contributed by atoms with Gasteiger partial charge in [0.15, 0.2) is 11.5 Å². The molecule has 2 aromatic carbocycles. The Balaban J connectivity index is 1.76. The molecular formula is C21H20N2O3. The van der Waals surface area contributed by atoms with Crippen molar-refractivity contribution in [1.29, 1.82) is 5.26 Å². The number of nitrogens with one attached hydrogen (secondary N) is 1. The summed E-state index contributed by atoms with van der Waals surface area (Å²) in [6.45, 7) is 6.58. The largest absolute Gasteiger partial charge is 0.454 e. The van der Waals surface area contributed by atoms with E-state index in [4.69, 9.17) is 9.47 Å². The van der Waals surface area contributed by atoms with Crippen LogP contribution in [0, 0.1) is 11.3 Å². The molecule has 0 aromatic heterocycles. The molecule has 132 valence electrons. The summed E-state index contributed by atoms with van der Waals surface area (Å²) in [5.41, 5.74) is 2.62. The lowest BCUT2D eigenvalue weighted by Crippen LogP contribution is -2.13. The highest BCUT2D eigenvalue weighted by atomic mass is 16.7. The van der Waals surface area contributed by atoms with E-state index in [1.807, 2.05) is 30.3 Å². The van der Waals surface area contributed by atoms with Gasteiger partial charge in [0.05, 0.1) is 0 Å². The number of amides is 1. The van der Waals surface area contributed by atoms with Crippen LogP contribution in [0.3, 0.4) is 0 Å². The van der Waals surface area contributed by atoms with Crippen LogP contribution in [0.4, 0.5) is 5.69 Å². The minimum absolute atomic E-state index is 0.0335. The van der Waals surface area contributed by atoms with Crippen molar-refractivity contribution in [2.45, 2.75) is 26.2 Å². The van der Waals surface area contributed by atoms with Crippen LogP contribution in [0.25, 0.3) is 6.08 Å². The van der Waals surface area contributed by atoms with Gasteiger partial charge in [0.25, 0.3) is 5.91 Å². The van der Waals surface area contributed by atoms with Crippen molar-refractivity contribution in [2.75, 3.05) is 12.1 Å². The number of carbonyl (C=O) groups is 1. The van der Waals surface area contributed by atoms with E-state index in [-0.39, 0.29) is 17.8 Å². The van der Waals surface area contributed by atoms with Gasteiger partial charge in [-0.25, -0.2) is 0 Å². The third-order valence-electron chi connectivity index (χ3n) is 4.08. The Labute approximate surface area is 152 Å². The monoisotopic (exact) mass is 348 g/mol. The van der Waals surface area contributed by atoms with Crippen LogP contribution < -0.4 is 14.8 Å². The first kappa shape index (κ1) is 17.6. The smallest absolute Gasteiger partial charge is 0.266 e. The highest BCUT2D eigenvalue weighted by molar-refractivity contribution is 6.09. The topological polar surface area (TPSA) is 71.4 Å². The van der Waals surface area contributed by atoms with E-state index in [1.165, 1.54) is 5.56 Å². The van der Waals surface area contributed by atoms with E-state index in [0.29, 0.717) is 17.2 Å². The Morgan fingerprint density at radius 2 is 1.81 bits per heavy atom. The van der Waals surface area contributed by atoms with Gasteiger partial charge in [0, 0.05) is 11.8 Å². The van der Waals surface area contributed by atoms with E-state index in [1.54, 1.807) is 24.3 Å². The third-order valence-corrected chi connectivity index (χ3v) is 4.08. The molecule has 0 atom stereocenters. The molecular weight excluding hydrogens is 328 g/mol. The molecule has 0 saturated carbocycles. The number of hydrogen-bond donors (Lipinski definition) is 1. The average molecular weight is 348 g/mol. The molecule has 1 amide bonds. The van der Waals surface area contributed by atoms with Gasteiger partial charge in [-0.3, -0.25) is 4.79 Å². The zero-order chi connectivity index (χ0) is 18.7. The number of carbonyl (C=O) groups excluding carboxylic acids is 1. The van der Waals surface area contributed by atoms with Gasteiger partial charge in [0.1, 0.15) is 11.6 Å². The number of anilines is 1. The second kappa shape index (κ2) is 6.93. The Morgan fingerprint density at radius 1 is 1.12 bits per heavy atom. The van der Waals surface area contributed by atoms with Crippen LogP contribution >= 0.6 is 0 Å². The molecule has 2 aromatic rings. The van der Waals surface area contributed by atoms with Crippen LogP contribution in [0.2, 0.25) is 0 Å². The lowest BCUT2D eigenvalue weighted by molar-refractivity contribution is -0.112. The SMILES string of the molecule is CC(C)(C)c1ccc(/C=C(\C#N)C(=O)Nc2ccc3c(c2)OCO3)cc1. The molecule has 0 saturated heterocycles. The van der Waals surface area contributed by atoms with Gasteiger partial charge < -0.3 is 14.8 Å². The van der Waals surface area contributed by atoms with Gasteiger partial charge in [0.2, 0.25) is 6.79 Å². The van der Waals surface area contributed by atoms with Crippen molar-refractivity contribution in [2.24, 2.45) is 0 Å². The quantitative estimate of drug-likeness (QED) is 0.664. The maximum Gasteiger partial charge on any atom is 0.266 e. The van der Waals surface area contributed by atoms with Gasteiger partial charge in [-0.1, -0.05) is 45.0 Å². The molecule has 0 radical (unpaired) electrons. The van der Waals surface area contributed by atoms with Crippen molar-refractivity contribution >= 4 is 17.7 Å². The molecule has 3 rings (SSSR count). The summed E-state index contributed by atoms with van der Waals surface area (Å²) in [6.07, 6.45) is 1.58. The lowest BCUT2D eigenvalue weighted by Gasteiger charge is -2.18. The first-order valence-electron chi connectivity index (χ1n) is 8.30. The minimum Gasteiger partial charge on any atom is -0.454 e. The van der Waals surface area contributed by atoms with Gasteiger partial charge >= 0.3 is 0 Å². The van der Waals surface area contributed by atoms with E-state index in [0.717, 1.165) is 5.56 Å². The number of benzene rings is 2. The molecule has 1 N–H and O–H groups in total. The maximum atomic E-state index is 12.4. The van der Waals surface area contributed by atoms with E-state index < -0.39 is 5.91 Å². The standard InChI is InChI=1S/C21H20N2O3/c1-21(2,3)16-6-4-14(5-7-16)10-15(12-22)20(24)23-17-8-9-18-19(11-17)26-13-25-18/h4-11H,13H2,1-3H3,(H,23,24)/b15-10+. The van der Waals surface area contributed by atoms with Gasteiger partial charge in [-0.2, -0.15) is 5.26 Å². The number of ether oxygens (including phenoxy) is 2. The van der Waals surface area contributed by atoms with Gasteiger partial charge in [-0.15, -0.1) is 0 Å². The number of fused-ring (bicyclic) bond motifs is 1. The highest BCUT2D eigenvalue weighted by Gasteiger charge is 2.16. The highest BCUT2D eigenvalue weighted by Crippen LogP contribution is 2.34. The molecule has 5 heteroatoms. The first-order chi connectivity index (χ1) is 12.4. The predicted octanol–water partition coefficient (Wildman–Crippen LogP) is 4.26. The maximum absolute atomic E-state index is 12.4. The minimum atomic E-state index is -0.466. The zero-order valence-corrected chi connectivity index (χ0v) is 15.0. The molecule has 1 aliphatic rings. The van der Waals surface area contributed by atoms with Crippen LogP contribution in [-0.2, 0) is 10.2 Å². The van der Waals surface area contributed by atoms with Crippen molar-refractivity contribution in [1.82, 2.24) is 0 Å². The predicted molar refractivity (Wildman–Crippen MR) is 99.9 cm³/mol. The summed E-state index contributed by atoms with van der Waals surface area (Å²) in [5, 5.41) is 12.1. The number of rotatable bonds is 3. The number of hydrogen-bond acceptors (Lipinski definition) is 4. The second-order valence-corrected chi connectivity index (χ2v) is 7.06. The summed E-state index contributed by atoms with van der Waals surface area (Å²) >= 11 is 0. The summed E-state index contributed by atoms with van der Waals surface area (Å²) < 4.78 is 10.5. The summed E-state index contributed by atoms with van der Waals surface area (Å²) in [6, 6.07) is 14.9. The van der Waals surface area contributed by atoms with E-state index >= 15 is 0 Å². The summed E-state index contributed by atoms with van der Waals surface area (Å²) in [7, 11) is 0. The van der Waals surface area contributed by atoms with Crippen LogP contribution in [0.15, 0.2) is 48.0 Å². The molecule has 1 aliphatic heterocycles. The van der Waals surface area contributed by atoms with Crippen LogP contribution in [0.1, 0.15) is 31.9 Å². The molecule has 0 unspecified atom stereocenters. The van der Waals surface area contributed by atoms with E-state index in [2.05, 4.69) is 26.1 Å². The molecule has 0 aliphatic carbocycles. The van der Waals surface area contributed by atoms with Crippen LogP contribution in [0.5, 0.6) is 11.5 Å². The Hall–Kier alpha value is -3.26. The van der Waals surface area contributed by atoms with Gasteiger partial charge in [-0.05, 0) is 34.8 Å². The molecule has 5 nitrogen and oxygen atoms in total. The van der Waals surface area contributed by atoms with Crippen molar-refractivity contribution in [3.05, 3.63) is 59.2 Å². The first-order valence-corrected chi connectivity index (χ1v) is 8.30. The Kier molecular flexibility index (Phi) is 4.68. The van der Waals surface area contributed by atoms with Crippen molar-refractivity contribution < 1.29 is 14.3 Å². The van der Waals surface area contributed by atoms with E-state index in [9.17, 15) is 10.1 Å². The van der Waals surface area contributed by atoms with Crippen LogP contribution in [-0.4, -0.2) is 12.7 Å². The molecule has 0 spiro atoms. The summed E-state index contributed by atoms with van der Waals surface area (Å²) in [5.74, 6) is 0.743. The number of nitriles is 1. The molecule has 1 heterocycles. The van der Waals surface area contributed by atoms with Crippen molar-refractivity contribution in [3.63, 3.8) is 0 Å². The molecule has 0 bridgehead atoms. The Bertz CT molecular complexity index is 900. The fourth-order valence-electron chi connectivity index (χ4n) is 2.57. The lowest BCUT2D eigenvalue weighted by atomic mass is 9.86. The fourth-order valence-corrected chi connectivity index (χ4v) is 2.57. The third kappa shape index (κ3) is 3.86. The number of nitrogens with zero attached hydrogens (tertiary/aromatic N) is 1. The summed E-state index contributed by atoms with van der Waals surface area (Å²) in [4.78, 5) is 12.4. The zero-order valence-electron chi connectivity index (χ0n) is 15.0. The molecule has 0 fully saturated rings. The average Bonchev–Trinajstić information content (AvgIpc) is 3.07. The normalized spacial score (nSPS) is 13.2. The Morgan fingerprint density at radius 3 is 2.46 bits per heavy atom. The fraction of sp³-hybridized carbons (Fsp3) is 0.238.